The van der Waals surface area contributed by atoms with Crippen LogP contribution in [0.4, 0.5) is 5.69 Å². The summed E-state index contributed by atoms with van der Waals surface area (Å²) in [6.45, 7) is 3.34. The van der Waals surface area contributed by atoms with Gasteiger partial charge >= 0.3 is 0 Å². The number of fused-ring (bicyclic) bond motifs is 1. The van der Waals surface area contributed by atoms with E-state index in [-0.39, 0.29) is 5.91 Å². The molecular weight excluding hydrogens is 336 g/mol. The van der Waals surface area contributed by atoms with Crippen molar-refractivity contribution in [2.75, 3.05) is 31.1 Å². The zero-order valence-corrected chi connectivity index (χ0v) is 15.4. The van der Waals surface area contributed by atoms with Crippen molar-refractivity contribution in [3.63, 3.8) is 0 Å². The van der Waals surface area contributed by atoms with E-state index >= 15 is 0 Å². The first-order chi connectivity index (χ1) is 13.3. The van der Waals surface area contributed by atoms with Crippen LogP contribution in [0.2, 0.25) is 0 Å². The second kappa shape index (κ2) is 8.16. The molecule has 0 aliphatic carbocycles. The second-order valence-corrected chi connectivity index (χ2v) is 6.91. The number of rotatable bonds is 5. The van der Waals surface area contributed by atoms with Crippen LogP contribution in [0.5, 0.6) is 0 Å². The molecule has 1 fully saturated rings. The molecule has 0 bridgehead atoms. The molecule has 3 aromatic rings. The molecule has 0 spiro atoms. The number of aryl methyl sites for hydroxylation is 1. The molecule has 1 amide bonds. The number of amides is 1. The number of anilines is 1. The van der Waals surface area contributed by atoms with Crippen LogP contribution >= 0.6 is 0 Å². The van der Waals surface area contributed by atoms with E-state index in [1.165, 1.54) is 16.6 Å². The van der Waals surface area contributed by atoms with E-state index in [9.17, 15) is 4.79 Å². The summed E-state index contributed by atoms with van der Waals surface area (Å²) in [4.78, 5) is 25.4. The van der Waals surface area contributed by atoms with Crippen molar-refractivity contribution >= 4 is 22.5 Å². The Balaban J connectivity index is 1.28. The molecule has 1 aromatic carbocycles. The van der Waals surface area contributed by atoms with Crippen LogP contribution in [-0.2, 0) is 11.2 Å². The predicted octanol–water partition coefficient (Wildman–Crippen LogP) is 3.30. The van der Waals surface area contributed by atoms with Crippen molar-refractivity contribution in [1.82, 2.24) is 14.9 Å². The Morgan fingerprint density at radius 3 is 2.56 bits per heavy atom. The zero-order valence-electron chi connectivity index (χ0n) is 15.4. The van der Waals surface area contributed by atoms with E-state index in [0.29, 0.717) is 6.42 Å². The van der Waals surface area contributed by atoms with Crippen LogP contribution < -0.4 is 4.90 Å². The van der Waals surface area contributed by atoms with Gasteiger partial charge in [-0.15, -0.1) is 0 Å². The van der Waals surface area contributed by atoms with Gasteiger partial charge in [-0.3, -0.25) is 14.8 Å². The van der Waals surface area contributed by atoms with Gasteiger partial charge in [0.2, 0.25) is 5.91 Å². The van der Waals surface area contributed by atoms with Gasteiger partial charge in [0.25, 0.3) is 0 Å². The highest BCUT2D eigenvalue weighted by atomic mass is 16.2. The van der Waals surface area contributed by atoms with Crippen molar-refractivity contribution in [1.29, 1.82) is 0 Å². The average Bonchev–Trinajstić information content (AvgIpc) is 2.74. The summed E-state index contributed by atoms with van der Waals surface area (Å²) in [7, 11) is 0. The molecule has 4 rings (SSSR count). The highest BCUT2D eigenvalue weighted by Crippen LogP contribution is 2.19. The summed E-state index contributed by atoms with van der Waals surface area (Å²) >= 11 is 0. The fraction of sp³-hybridized carbons (Fsp3) is 0.318. The Morgan fingerprint density at radius 2 is 1.74 bits per heavy atom. The maximum absolute atomic E-state index is 12.6. The van der Waals surface area contributed by atoms with Gasteiger partial charge in [0.05, 0.1) is 5.52 Å². The third-order valence-electron chi connectivity index (χ3n) is 5.23. The first-order valence-electron chi connectivity index (χ1n) is 9.56. The number of pyridine rings is 2. The monoisotopic (exact) mass is 360 g/mol. The number of hydrogen-bond acceptors (Lipinski definition) is 4. The van der Waals surface area contributed by atoms with Gasteiger partial charge in [-0.05, 0) is 42.7 Å². The fourth-order valence-electron chi connectivity index (χ4n) is 3.74. The lowest BCUT2D eigenvalue weighted by atomic mass is 10.0. The Morgan fingerprint density at radius 1 is 0.926 bits per heavy atom. The van der Waals surface area contributed by atoms with E-state index in [0.717, 1.165) is 44.5 Å². The normalized spacial score (nSPS) is 14.5. The first-order valence-corrected chi connectivity index (χ1v) is 9.56. The third-order valence-corrected chi connectivity index (χ3v) is 5.23. The number of nitrogens with zero attached hydrogens (tertiary/aromatic N) is 4. The molecule has 0 N–H and O–H groups in total. The average molecular weight is 360 g/mol. The Bertz CT molecular complexity index is 899. The Labute approximate surface area is 159 Å². The lowest BCUT2D eigenvalue weighted by Crippen LogP contribution is -2.48. The molecule has 27 heavy (non-hydrogen) atoms. The smallest absolute Gasteiger partial charge is 0.222 e. The van der Waals surface area contributed by atoms with Crippen molar-refractivity contribution in [2.24, 2.45) is 0 Å². The topological polar surface area (TPSA) is 49.3 Å². The minimum atomic E-state index is 0.266. The van der Waals surface area contributed by atoms with Gasteiger partial charge in [0.1, 0.15) is 0 Å². The Hall–Kier alpha value is -2.95. The molecule has 0 unspecified atom stereocenters. The molecule has 5 heteroatoms. The highest BCUT2D eigenvalue weighted by molar-refractivity contribution is 5.82. The molecule has 1 saturated heterocycles. The number of carbonyl (C=O) groups is 1. The van der Waals surface area contributed by atoms with Crippen LogP contribution in [-0.4, -0.2) is 47.0 Å². The summed E-state index contributed by atoms with van der Waals surface area (Å²) < 4.78 is 0. The first kappa shape index (κ1) is 17.5. The van der Waals surface area contributed by atoms with Crippen LogP contribution in [0.15, 0.2) is 61.1 Å². The van der Waals surface area contributed by atoms with E-state index < -0.39 is 0 Å². The van der Waals surface area contributed by atoms with Crippen molar-refractivity contribution in [3.05, 3.63) is 66.6 Å². The lowest BCUT2D eigenvalue weighted by molar-refractivity contribution is -0.131. The molecule has 1 aliphatic rings. The van der Waals surface area contributed by atoms with Crippen LogP contribution in [0.3, 0.4) is 0 Å². The molecule has 0 atom stereocenters. The zero-order chi connectivity index (χ0) is 18.5. The molecule has 0 radical (unpaired) electrons. The Kier molecular flexibility index (Phi) is 5.28. The van der Waals surface area contributed by atoms with Crippen molar-refractivity contribution in [3.8, 4) is 0 Å². The van der Waals surface area contributed by atoms with Gasteiger partial charge < -0.3 is 9.80 Å². The fourth-order valence-corrected chi connectivity index (χ4v) is 3.74. The molecule has 5 nitrogen and oxygen atoms in total. The van der Waals surface area contributed by atoms with E-state index in [2.05, 4.69) is 27.0 Å². The molecule has 138 valence electrons. The minimum absolute atomic E-state index is 0.266. The number of benzene rings is 1. The molecule has 0 saturated carbocycles. The summed E-state index contributed by atoms with van der Waals surface area (Å²) in [5, 5.41) is 1.19. The van der Waals surface area contributed by atoms with Gasteiger partial charge in [-0.1, -0.05) is 18.2 Å². The molecular formula is C22H24N4O. The number of piperazine rings is 1. The van der Waals surface area contributed by atoms with E-state index in [4.69, 9.17) is 0 Å². The van der Waals surface area contributed by atoms with Crippen LogP contribution in [0.1, 0.15) is 18.4 Å². The number of carbonyl (C=O) groups excluding carboxylic acids is 1. The van der Waals surface area contributed by atoms with Gasteiger partial charge in [0.15, 0.2) is 0 Å². The minimum Gasteiger partial charge on any atom is -0.368 e. The number of hydrogen-bond donors (Lipinski definition) is 0. The van der Waals surface area contributed by atoms with Gasteiger partial charge in [-0.2, -0.15) is 0 Å². The van der Waals surface area contributed by atoms with Gasteiger partial charge in [-0.25, -0.2) is 0 Å². The predicted molar refractivity (Wildman–Crippen MR) is 108 cm³/mol. The SMILES string of the molecule is O=C(CCCc1cccc2ncccc12)N1CCN(c2ccncc2)CC1. The van der Waals surface area contributed by atoms with Crippen molar-refractivity contribution in [2.45, 2.75) is 19.3 Å². The summed E-state index contributed by atoms with van der Waals surface area (Å²) in [6.07, 6.45) is 7.83. The van der Waals surface area contributed by atoms with E-state index in [1.54, 1.807) is 0 Å². The molecule has 3 heterocycles. The number of aromatic nitrogens is 2. The van der Waals surface area contributed by atoms with E-state index in [1.807, 2.05) is 53.8 Å². The van der Waals surface area contributed by atoms with Crippen LogP contribution in [0.25, 0.3) is 10.9 Å². The highest BCUT2D eigenvalue weighted by Gasteiger charge is 2.20. The maximum Gasteiger partial charge on any atom is 0.222 e. The largest absolute Gasteiger partial charge is 0.368 e. The summed E-state index contributed by atoms with van der Waals surface area (Å²) in [5.41, 5.74) is 3.48. The maximum atomic E-state index is 12.6. The summed E-state index contributed by atoms with van der Waals surface area (Å²) in [5.74, 6) is 0.266. The lowest BCUT2D eigenvalue weighted by Gasteiger charge is -2.36. The quantitative estimate of drug-likeness (QED) is 0.700. The second-order valence-electron chi connectivity index (χ2n) is 6.91. The standard InChI is InChI=1S/C22H24N4O/c27-22(26-16-14-25(15-17-26)19-9-12-23-13-10-19)8-2-5-18-4-1-7-21-20(18)6-3-11-24-21/h1,3-4,6-7,9-13H,2,5,8,14-17H2. The summed E-state index contributed by atoms with van der Waals surface area (Å²) in [6, 6.07) is 14.4. The van der Waals surface area contributed by atoms with Gasteiger partial charge in [0, 0.05) is 62.3 Å². The molecule has 1 aliphatic heterocycles. The molecule has 2 aromatic heterocycles. The third kappa shape index (κ3) is 4.08. The van der Waals surface area contributed by atoms with Crippen molar-refractivity contribution < 1.29 is 4.79 Å². The van der Waals surface area contributed by atoms with Crippen LogP contribution in [0, 0.1) is 0 Å².